The molecule has 7 heteroatoms. The zero-order chi connectivity index (χ0) is 17.4. The molecule has 0 aliphatic heterocycles. The van der Waals surface area contributed by atoms with Crippen molar-refractivity contribution < 1.29 is 8.42 Å². The molecule has 1 aromatic carbocycles. The molecular weight excluding hydrogens is 336 g/mol. The molecule has 3 aromatic rings. The summed E-state index contributed by atoms with van der Waals surface area (Å²) in [5, 5.41) is 0.840. The first-order chi connectivity index (χ1) is 12.0. The summed E-state index contributed by atoms with van der Waals surface area (Å²) in [4.78, 5) is 8.58. The van der Waals surface area contributed by atoms with Crippen molar-refractivity contribution in [2.75, 3.05) is 6.54 Å². The second-order valence-corrected chi connectivity index (χ2v) is 8.43. The fourth-order valence-corrected chi connectivity index (χ4v) is 4.79. The molecule has 1 saturated carbocycles. The number of benzene rings is 1. The number of sulfonamides is 1. The zero-order valence-electron chi connectivity index (χ0n) is 14.0. The van der Waals surface area contributed by atoms with E-state index >= 15 is 0 Å². The molecule has 1 N–H and O–H groups in total. The molecule has 0 saturated heterocycles. The van der Waals surface area contributed by atoms with Gasteiger partial charge in [-0.15, -0.1) is 0 Å². The fourth-order valence-electron chi connectivity index (χ4n) is 3.41. The summed E-state index contributed by atoms with van der Waals surface area (Å²) in [5.41, 5.74) is 1.43. The van der Waals surface area contributed by atoms with Crippen LogP contribution < -0.4 is 4.72 Å². The normalized spacial score (nSPS) is 20.5. The fraction of sp³-hybridized carbons (Fsp3) is 0.333. The van der Waals surface area contributed by atoms with E-state index in [1.807, 2.05) is 37.6 Å². The number of pyridine rings is 1. The van der Waals surface area contributed by atoms with E-state index in [1.54, 1.807) is 18.5 Å². The van der Waals surface area contributed by atoms with Crippen molar-refractivity contribution in [2.45, 2.75) is 30.7 Å². The van der Waals surface area contributed by atoms with Gasteiger partial charge in [0.2, 0.25) is 10.0 Å². The van der Waals surface area contributed by atoms with Crippen LogP contribution in [-0.4, -0.2) is 29.5 Å². The van der Waals surface area contributed by atoms with Gasteiger partial charge in [0.15, 0.2) is 0 Å². The lowest BCUT2D eigenvalue weighted by Crippen LogP contribution is -2.36. The maximum Gasteiger partial charge on any atom is 0.242 e. The highest BCUT2D eigenvalue weighted by molar-refractivity contribution is 7.89. The molecular formula is C18H20N4O2S. The van der Waals surface area contributed by atoms with Crippen LogP contribution in [0.5, 0.6) is 0 Å². The highest BCUT2D eigenvalue weighted by Crippen LogP contribution is 2.37. The molecule has 0 atom stereocenters. The van der Waals surface area contributed by atoms with Crippen molar-refractivity contribution in [3.63, 3.8) is 0 Å². The first-order valence-corrected chi connectivity index (χ1v) is 9.84. The molecule has 0 amide bonds. The molecule has 1 aliphatic carbocycles. The SMILES string of the molecule is Cc1cc(S(=O)(=O)NCC2CC(n3ccnc3)C2)c2ncccc2c1. The van der Waals surface area contributed by atoms with Gasteiger partial charge < -0.3 is 4.57 Å². The van der Waals surface area contributed by atoms with Crippen molar-refractivity contribution in [3.05, 3.63) is 54.7 Å². The largest absolute Gasteiger partial charge is 0.334 e. The number of fused-ring (bicyclic) bond motifs is 1. The molecule has 1 fully saturated rings. The topological polar surface area (TPSA) is 76.9 Å². The maximum absolute atomic E-state index is 12.8. The molecule has 0 spiro atoms. The Balaban J connectivity index is 1.48. The van der Waals surface area contributed by atoms with Crippen LogP contribution in [0.15, 0.2) is 54.1 Å². The molecule has 6 nitrogen and oxygen atoms in total. The van der Waals surface area contributed by atoms with Crippen LogP contribution in [0, 0.1) is 12.8 Å². The van der Waals surface area contributed by atoms with Crippen LogP contribution in [0.1, 0.15) is 24.4 Å². The third kappa shape index (κ3) is 3.17. The number of rotatable bonds is 5. The van der Waals surface area contributed by atoms with Gasteiger partial charge in [0.1, 0.15) is 4.90 Å². The van der Waals surface area contributed by atoms with E-state index in [-0.39, 0.29) is 4.90 Å². The van der Waals surface area contributed by atoms with Gasteiger partial charge in [-0.05, 0) is 49.4 Å². The minimum Gasteiger partial charge on any atom is -0.334 e. The van der Waals surface area contributed by atoms with Crippen LogP contribution >= 0.6 is 0 Å². The van der Waals surface area contributed by atoms with E-state index in [1.165, 1.54) is 0 Å². The van der Waals surface area contributed by atoms with Crippen LogP contribution in [0.3, 0.4) is 0 Å². The molecule has 130 valence electrons. The summed E-state index contributed by atoms with van der Waals surface area (Å²) in [6.45, 7) is 2.35. The number of imidazole rings is 1. The monoisotopic (exact) mass is 356 g/mol. The maximum atomic E-state index is 12.8. The number of nitrogens with one attached hydrogen (secondary N) is 1. The number of hydrogen-bond acceptors (Lipinski definition) is 4. The molecule has 0 unspecified atom stereocenters. The summed E-state index contributed by atoms with van der Waals surface area (Å²) in [7, 11) is -3.58. The summed E-state index contributed by atoms with van der Waals surface area (Å²) < 4.78 is 30.4. The number of hydrogen-bond donors (Lipinski definition) is 1. The van der Waals surface area contributed by atoms with Crippen molar-refractivity contribution in [3.8, 4) is 0 Å². The minimum absolute atomic E-state index is 0.258. The molecule has 4 rings (SSSR count). The van der Waals surface area contributed by atoms with Gasteiger partial charge in [-0.2, -0.15) is 0 Å². The molecule has 25 heavy (non-hydrogen) atoms. The smallest absolute Gasteiger partial charge is 0.242 e. The predicted molar refractivity (Wildman–Crippen MR) is 95.7 cm³/mol. The van der Waals surface area contributed by atoms with E-state index in [4.69, 9.17) is 0 Å². The molecule has 2 aromatic heterocycles. The van der Waals surface area contributed by atoms with Crippen LogP contribution in [0.25, 0.3) is 10.9 Å². The Labute approximate surface area is 147 Å². The van der Waals surface area contributed by atoms with Crippen molar-refractivity contribution >= 4 is 20.9 Å². The predicted octanol–water partition coefficient (Wildman–Crippen LogP) is 2.67. The lowest BCUT2D eigenvalue weighted by atomic mass is 9.80. The lowest BCUT2D eigenvalue weighted by molar-refractivity contribution is 0.200. The average molecular weight is 356 g/mol. The van der Waals surface area contributed by atoms with E-state index in [9.17, 15) is 8.42 Å². The number of aromatic nitrogens is 3. The van der Waals surface area contributed by atoms with Gasteiger partial charge >= 0.3 is 0 Å². The van der Waals surface area contributed by atoms with Gasteiger partial charge in [-0.1, -0.05) is 6.07 Å². The van der Waals surface area contributed by atoms with Gasteiger partial charge in [0.25, 0.3) is 0 Å². The average Bonchev–Trinajstić information content (AvgIpc) is 3.06. The van der Waals surface area contributed by atoms with Crippen LogP contribution in [-0.2, 0) is 10.0 Å². The molecule has 0 radical (unpaired) electrons. The number of nitrogens with zero attached hydrogens (tertiary/aromatic N) is 3. The highest BCUT2D eigenvalue weighted by Gasteiger charge is 2.31. The Morgan fingerprint density at radius 1 is 1.28 bits per heavy atom. The van der Waals surface area contributed by atoms with E-state index in [0.717, 1.165) is 23.8 Å². The van der Waals surface area contributed by atoms with Gasteiger partial charge in [0, 0.05) is 36.6 Å². The first-order valence-electron chi connectivity index (χ1n) is 8.35. The van der Waals surface area contributed by atoms with Gasteiger partial charge in [0.05, 0.1) is 11.8 Å². The Morgan fingerprint density at radius 2 is 2.12 bits per heavy atom. The molecule has 2 heterocycles. The molecule has 1 aliphatic rings. The third-order valence-corrected chi connectivity index (χ3v) is 6.26. The summed E-state index contributed by atoms with van der Waals surface area (Å²) in [5.74, 6) is 0.353. The Morgan fingerprint density at radius 3 is 2.88 bits per heavy atom. The van der Waals surface area contributed by atoms with E-state index < -0.39 is 10.0 Å². The molecule has 0 bridgehead atoms. The number of aryl methyl sites for hydroxylation is 1. The Hall–Kier alpha value is -2.25. The van der Waals surface area contributed by atoms with Gasteiger partial charge in [-0.25, -0.2) is 18.1 Å². The van der Waals surface area contributed by atoms with Crippen LogP contribution in [0.4, 0.5) is 0 Å². The zero-order valence-corrected chi connectivity index (χ0v) is 14.8. The summed E-state index contributed by atoms with van der Waals surface area (Å²) in [6, 6.07) is 7.76. The minimum atomic E-state index is -3.58. The Bertz CT molecular complexity index is 993. The van der Waals surface area contributed by atoms with E-state index in [0.29, 0.717) is 24.0 Å². The quantitative estimate of drug-likeness (QED) is 0.762. The Kier molecular flexibility index (Phi) is 4.05. The van der Waals surface area contributed by atoms with Crippen molar-refractivity contribution in [2.24, 2.45) is 5.92 Å². The second kappa shape index (κ2) is 6.24. The first kappa shape index (κ1) is 16.2. The highest BCUT2D eigenvalue weighted by atomic mass is 32.2. The summed E-state index contributed by atoms with van der Waals surface area (Å²) in [6.07, 6.45) is 9.09. The second-order valence-electron chi connectivity index (χ2n) is 6.69. The lowest BCUT2D eigenvalue weighted by Gasteiger charge is -2.36. The van der Waals surface area contributed by atoms with E-state index in [2.05, 4.69) is 19.3 Å². The standard InChI is InChI=1S/C18H20N4O2S/c1-13-7-15-3-2-4-20-18(15)17(8-13)25(23,24)21-11-14-9-16(10-14)22-6-5-19-12-22/h2-8,12,14,16,21H,9-11H2,1H3. The van der Waals surface area contributed by atoms with Crippen molar-refractivity contribution in [1.29, 1.82) is 0 Å². The van der Waals surface area contributed by atoms with Crippen molar-refractivity contribution in [1.82, 2.24) is 19.3 Å². The van der Waals surface area contributed by atoms with Crippen LogP contribution in [0.2, 0.25) is 0 Å². The summed E-state index contributed by atoms with van der Waals surface area (Å²) >= 11 is 0. The third-order valence-electron chi connectivity index (χ3n) is 4.82. The van der Waals surface area contributed by atoms with Gasteiger partial charge in [-0.3, -0.25) is 4.98 Å².